The monoisotopic (exact) mass is 403 g/mol. The van der Waals surface area contributed by atoms with Gasteiger partial charge < -0.3 is 10.0 Å². The van der Waals surface area contributed by atoms with E-state index in [-0.39, 0.29) is 11.9 Å². The van der Waals surface area contributed by atoms with Gasteiger partial charge in [0, 0.05) is 41.7 Å². The first-order chi connectivity index (χ1) is 14.7. The second-order valence-electron chi connectivity index (χ2n) is 9.03. The number of pyridine rings is 1. The van der Waals surface area contributed by atoms with Crippen LogP contribution in [-0.4, -0.2) is 51.0 Å². The van der Waals surface area contributed by atoms with Crippen LogP contribution in [0.4, 0.5) is 0 Å². The fourth-order valence-corrected chi connectivity index (χ4v) is 5.47. The van der Waals surface area contributed by atoms with Gasteiger partial charge in [-0.2, -0.15) is 0 Å². The summed E-state index contributed by atoms with van der Waals surface area (Å²) in [5, 5.41) is 11.7. The van der Waals surface area contributed by atoms with Gasteiger partial charge in [-0.15, -0.1) is 12.3 Å². The van der Waals surface area contributed by atoms with Crippen molar-refractivity contribution in [3.8, 4) is 12.3 Å². The Morgan fingerprint density at radius 2 is 2.00 bits per heavy atom. The lowest BCUT2D eigenvalue weighted by Gasteiger charge is -2.35. The van der Waals surface area contributed by atoms with Gasteiger partial charge in [0.1, 0.15) is 0 Å². The third-order valence-electron chi connectivity index (χ3n) is 7.21. The number of terminal acetylenes is 1. The maximum Gasteiger partial charge on any atom is 0.254 e. The molecule has 2 aliphatic heterocycles. The largest absolute Gasteiger partial charge is 0.391 e. The highest BCUT2D eigenvalue weighted by molar-refractivity contribution is 6.04. The molecule has 1 aromatic heterocycles. The van der Waals surface area contributed by atoms with Crippen molar-refractivity contribution in [3.05, 3.63) is 41.1 Å². The molecule has 2 aromatic rings. The Bertz CT molecular complexity index is 1000. The Morgan fingerprint density at radius 1 is 1.20 bits per heavy atom. The summed E-state index contributed by atoms with van der Waals surface area (Å²) in [4.78, 5) is 22.4. The number of nitrogens with zero attached hydrogens (tertiary/aromatic N) is 3. The van der Waals surface area contributed by atoms with Crippen molar-refractivity contribution < 1.29 is 9.90 Å². The Hall–Kier alpha value is -2.42. The molecule has 1 aliphatic carbocycles. The lowest BCUT2D eigenvalue weighted by Crippen LogP contribution is -2.45. The van der Waals surface area contributed by atoms with Crippen molar-refractivity contribution in [2.75, 3.05) is 13.1 Å². The van der Waals surface area contributed by atoms with Gasteiger partial charge >= 0.3 is 0 Å². The highest BCUT2D eigenvalue weighted by Crippen LogP contribution is 2.36. The SMILES string of the molecule is C#CC1CCN(Cc2cc3c(c4ncccc24)CN(C2CCCCC2O)C3=O)CC1. The number of aliphatic hydroxyl groups excluding tert-OH is 1. The Labute approximate surface area is 178 Å². The van der Waals surface area contributed by atoms with E-state index in [4.69, 9.17) is 6.42 Å². The van der Waals surface area contributed by atoms with Crippen LogP contribution >= 0.6 is 0 Å². The van der Waals surface area contributed by atoms with Gasteiger partial charge in [0.15, 0.2) is 0 Å². The summed E-state index contributed by atoms with van der Waals surface area (Å²) in [6.07, 6.45) is 12.8. The van der Waals surface area contributed by atoms with Crippen LogP contribution in [0.1, 0.15) is 60.0 Å². The lowest BCUT2D eigenvalue weighted by molar-refractivity contribution is 0.0192. The number of carbonyl (C=O) groups is 1. The van der Waals surface area contributed by atoms with Crippen molar-refractivity contribution in [2.45, 2.75) is 63.8 Å². The summed E-state index contributed by atoms with van der Waals surface area (Å²) in [5.74, 6) is 3.33. The maximum absolute atomic E-state index is 13.4. The van der Waals surface area contributed by atoms with Gasteiger partial charge in [0.05, 0.1) is 17.7 Å². The Kier molecular flexibility index (Phi) is 5.22. The fourth-order valence-electron chi connectivity index (χ4n) is 5.47. The van der Waals surface area contributed by atoms with Crippen LogP contribution in [0.3, 0.4) is 0 Å². The molecule has 5 nitrogen and oxygen atoms in total. The van der Waals surface area contributed by atoms with E-state index in [1.54, 1.807) is 0 Å². The molecule has 3 heterocycles. The minimum atomic E-state index is -0.423. The predicted octanol–water partition coefficient (Wildman–Crippen LogP) is 3.34. The summed E-state index contributed by atoms with van der Waals surface area (Å²) >= 11 is 0. The van der Waals surface area contributed by atoms with Crippen LogP contribution in [-0.2, 0) is 13.1 Å². The van der Waals surface area contributed by atoms with E-state index in [0.29, 0.717) is 12.5 Å². The van der Waals surface area contributed by atoms with Crippen LogP contribution < -0.4 is 0 Å². The van der Waals surface area contributed by atoms with E-state index in [9.17, 15) is 9.90 Å². The number of carbonyl (C=O) groups excluding carboxylic acids is 1. The zero-order valence-electron chi connectivity index (χ0n) is 17.4. The van der Waals surface area contributed by atoms with Crippen LogP contribution in [0.5, 0.6) is 0 Å². The Morgan fingerprint density at radius 3 is 2.77 bits per heavy atom. The molecule has 1 amide bonds. The molecule has 0 bridgehead atoms. The van der Waals surface area contributed by atoms with Crippen molar-refractivity contribution in [2.24, 2.45) is 5.92 Å². The number of hydrogen-bond acceptors (Lipinski definition) is 4. The average molecular weight is 404 g/mol. The maximum atomic E-state index is 13.4. The molecular formula is C25H29N3O2. The highest BCUT2D eigenvalue weighted by Gasteiger charge is 2.38. The molecular weight excluding hydrogens is 374 g/mol. The molecule has 156 valence electrons. The molecule has 1 saturated heterocycles. The van der Waals surface area contributed by atoms with E-state index in [0.717, 1.165) is 85.8 Å². The zero-order chi connectivity index (χ0) is 20.7. The minimum absolute atomic E-state index is 0.0517. The number of fused-ring (bicyclic) bond motifs is 3. The Balaban J connectivity index is 1.47. The van der Waals surface area contributed by atoms with Gasteiger partial charge in [0.25, 0.3) is 5.91 Å². The molecule has 2 atom stereocenters. The number of hydrogen-bond donors (Lipinski definition) is 1. The molecule has 3 aliphatic rings. The van der Waals surface area contributed by atoms with Crippen molar-refractivity contribution in [1.82, 2.24) is 14.8 Å². The van der Waals surface area contributed by atoms with Gasteiger partial charge in [-0.25, -0.2) is 0 Å². The van der Waals surface area contributed by atoms with Crippen molar-refractivity contribution in [3.63, 3.8) is 0 Å². The average Bonchev–Trinajstić information content (AvgIpc) is 3.11. The summed E-state index contributed by atoms with van der Waals surface area (Å²) in [5.41, 5.74) is 3.88. The number of amides is 1. The first-order valence-corrected chi connectivity index (χ1v) is 11.2. The third kappa shape index (κ3) is 3.38. The molecule has 0 radical (unpaired) electrons. The number of likely N-dealkylation sites (tertiary alicyclic amines) is 1. The van der Waals surface area contributed by atoms with Gasteiger partial charge in [-0.3, -0.25) is 14.7 Å². The smallest absolute Gasteiger partial charge is 0.254 e. The zero-order valence-corrected chi connectivity index (χ0v) is 17.4. The first kappa shape index (κ1) is 19.5. The number of rotatable bonds is 3. The molecule has 1 N–H and O–H groups in total. The second-order valence-corrected chi connectivity index (χ2v) is 9.03. The van der Waals surface area contributed by atoms with Crippen molar-refractivity contribution in [1.29, 1.82) is 0 Å². The third-order valence-corrected chi connectivity index (χ3v) is 7.21. The minimum Gasteiger partial charge on any atom is -0.391 e. The molecule has 0 spiro atoms. The predicted molar refractivity (Wildman–Crippen MR) is 117 cm³/mol. The second kappa shape index (κ2) is 8.02. The van der Waals surface area contributed by atoms with E-state index < -0.39 is 6.10 Å². The highest BCUT2D eigenvalue weighted by atomic mass is 16.3. The van der Waals surface area contributed by atoms with Crippen molar-refractivity contribution >= 4 is 16.8 Å². The lowest BCUT2D eigenvalue weighted by atomic mass is 9.91. The number of aliphatic hydroxyl groups is 1. The molecule has 2 unspecified atom stereocenters. The molecule has 1 saturated carbocycles. The molecule has 30 heavy (non-hydrogen) atoms. The van der Waals surface area contributed by atoms with Gasteiger partial charge in [0.2, 0.25) is 0 Å². The molecule has 5 rings (SSSR count). The molecule has 5 heteroatoms. The summed E-state index contributed by atoms with van der Waals surface area (Å²) in [7, 11) is 0. The van der Waals surface area contributed by atoms with Crippen LogP contribution in [0.15, 0.2) is 24.4 Å². The number of benzene rings is 1. The quantitative estimate of drug-likeness (QED) is 0.799. The normalized spacial score (nSPS) is 25.5. The van der Waals surface area contributed by atoms with Crippen LogP contribution in [0, 0.1) is 18.3 Å². The summed E-state index contributed by atoms with van der Waals surface area (Å²) < 4.78 is 0. The van der Waals surface area contributed by atoms with Gasteiger partial charge in [-0.05, 0) is 56.5 Å². The number of aromatic nitrogens is 1. The van der Waals surface area contributed by atoms with Crippen LogP contribution in [0.25, 0.3) is 10.9 Å². The number of piperidine rings is 1. The van der Waals surface area contributed by atoms with E-state index in [2.05, 4.69) is 27.9 Å². The van der Waals surface area contributed by atoms with E-state index in [1.165, 1.54) is 0 Å². The van der Waals surface area contributed by atoms with E-state index >= 15 is 0 Å². The summed E-state index contributed by atoms with van der Waals surface area (Å²) in [6, 6.07) is 6.10. The van der Waals surface area contributed by atoms with Gasteiger partial charge in [-0.1, -0.05) is 18.9 Å². The molecule has 2 fully saturated rings. The standard InChI is InChI=1S/C25H29N3O2/c1-2-17-9-12-27(13-10-17)15-18-14-20-21(24-19(18)6-5-11-26-24)16-28(25(20)30)22-7-3-4-8-23(22)29/h1,5-6,11,14,17,22-23,29H,3-4,7-10,12-13,15-16H2. The topological polar surface area (TPSA) is 56.7 Å². The summed E-state index contributed by atoms with van der Waals surface area (Å²) in [6.45, 7) is 3.34. The van der Waals surface area contributed by atoms with E-state index in [1.807, 2.05) is 17.2 Å². The van der Waals surface area contributed by atoms with Crippen LogP contribution in [0.2, 0.25) is 0 Å². The molecule has 1 aromatic carbocycles. The fraction of sp³-hybridized carbons (Fsp3) is 0.520. The first-order valence-electron chi connectivity index (χ1n) is 11.2.